The van der Waals surface area contributed by atoms with E-state index < -0.39 is 11.5 Å². The van der Waals surface area contributed by atoms with Crippen LogP contribution in [0.5, 0.6) is 0 Å². The quantitative estimate of drug-likeness (QED) is 0.652. The molecule has 0 spiro atoms. The number of hydrogen-bond acceptors (Lipinski definition) is 4. The first-order valence-electron chi connectivity index (χ1n) is 5.82. The molecule has 0 aliphatic heterocycles. The highest BCUT2D eigenvalue weighted by Gasteiger charge is 2.11. The summed E-state index contributed by atoms with van der Waals surface area (Å²) in [5, 5.41) is 13.5. The van der Waals surface area contributed by atoms with Gasteiger partial charge < -0.3 is 5.32 Å². The van der Waals surface area contributed by atoms with Crippen molar-refractivity contribution >= 4 is 5.69 Å². The Morgan fingerprint density at radius 1 is 1.40 bits per heavy atom. The predicted octanol–water partition coefficient (Wildman–Crippen LogP) is 2.48. The molecular formula is C12H12F2N4O2. The topological polar surface area (TPSA) is 73.0 Å². The normalized spacial score (nSPS) is 10.9. The smallest absolute Gasteiger partial charge is 0.306 e. The summed E-state index contributed by atoms with van der Waals surface area (Å²) in [6.07, 6.45) is 2.51. The first-order chi connectivity index (χ1) is 9.58. The zero-order valence-corrected chi connectivity index (χ0v) is 10.4. The second-order valence-electron chi connectivity index (χ2n) is 4.06. The van der Waals surface area contributed by atoms with Crippen LogP contribution in [0.2, 0.25) is 0 Å². The van der Waals surface area contributed by atoms with Crippen LogP contribution in [0.25, 0.3) is 0 Å². The fourth-order valence-corrected chi connectivity index (χ4v) is 1.76. The van der Waals surface area contributed by atoms with E-state index in [1.54, 1.807) is 12.1 Å². The average Bonchev–Trinajstić information content (AvgIpc) is 2.87. The van der Waals surface area contributed by atoms with Crippen molar-refractivity contribution in [2.75, 3.05) is 0 Å². The lowest BCUT2D eigenvalue weighted by atomic mass is 10.2. The predicted molar refractivity (Wildman–Crippen MR) is 67.1 cm³/mol. The maximum atomic E-state index is 12.6. The van der Waals surface area contributed by atoms with Crippen molar-refractivity contribution in [2.45, 2.75) is 19.6 Å². The van der Waals surface area contributed by atoms with Gasteiger partial charge in [-0.2, -0.15) is 8.78 Å². The SMILES string of the molecule is O=[N+]([O-])c1cccc(CNCc2nccn2C(F)F)c1. The molecule has 0 aliphatic carbocycles. The number of nitrogens with one attached hydrogen (secondary N) is 1. The highest BCUT2D eigenvalue weighted by molar-refractivity contribution is 5.34. The van der Waals surface area contributed by atoms with Crippen LogP contribution >= 0.6 is 0 Å². The van der Waals surface area contributed by atoms with Gasteiger partial charge in [-0.05, 0) is 5.56 Å². The highest BCUT2D eigenvalue weighted by atomic mass is 19.3. The van der Waals surface area contributed by atoms with Crippen molar-refractivity contribution in [1.82, 2.24) is 14.9 Å². The zero-order chi connectivity index (χ0) is 14.5. The Morgan fingerprint density at radius 2 is 2.20 bits per heavy atom. The average molecular weight is 282 g/mol. The number of benzene rings is 1. The van der Waals surface area contributed by atoms with Crippen molar-refractivity contribution in [3.8, 4) is 0 Å². The standard InChI is InChI=1S/C12H12F2N4O2/c13-12(14)17-5-4-16-11(17)8-15-7-9-2-1-3-10(6-9)18(19)20/h1-6,12,15H,7-8H2. The van der Waals surface area contributed by atoms with Gasteiger partial charge in [-0.15, -0.1) is 0 Å². The Kier molecular flexibility index (Phi) is 4.36. The molecule has 106 valence electrons. The number of nitrogens with zero attached hydrogens (tertiary/aromatic N) is 3. The summed E-state index contributed by atoms with van der Waals surface area (Å²) in [4.78, 5) is 14.0. The van der Waals surface area contributed by atoms with Crippen LogP contribution in [0, 0.1) is 10.1 Å². The molecular weight excluding hydrogens is 270 g/mol. The lowest BCUT2D eigenvalue weighted by molar-refractivity contribution is -0.384. The molecule has 0 radical (unpaired) electrons. The summed E-state index contributed by atoms with van der Waals surface area (Å²) < 4.78 is 25.9. The molecule has 0 amide bonds. The molecule has 1 N–H and O–H groups in total. The van der Waals surface area contributed by atoms with E-state index in [-0.39, 0.29) is 18.1 Å². The Bertz CT molecular complexity index is 601. The number of halogens is 2. The van der Waals surface area contributed by atoms with Crippen LogP contribution in [0.1, 0.15) is 17.9 Å². The molecule has 2 rings (SSSR count). The van der Waals surface area contributed by atoms with Gasteiger partial charge in [0.15, 0.2) is 0 Å². The Morgan fingerprint density at radius 3 is 2.90 bits per heavy atom. The molecule has 0 saturated heterocycles. The number of hydrogen-bond donors (Lipinski definition) is 1. The van der Waals surface area contributed by atoms with Crippen LogP contribution in [-0.4, -0.2) is 14.5 Å². The van der Waals surface area contributed by atoms with E-state index in [1.165, 1.54) is 24.5 Å². The number of rotatable bonds is 6. The minimum absolute atomic E-state index is 0.00150. The third-order valence-corrected chi connectivity index (χ3v) is 2.69. The van der Waals surface area contributed by atoms with E-state index in [0.717, 1.165) is 4.57 Å². The number of aromatic nitrogens is 2. The maximum absolute atomic E-state index is 12.6. The summed E-state index contributed by atoms with van der Waals surface area (Å²) >= 11 is 0. The number of imidazole rings is 1. The number of alkyl halides is 2. The Labute approximate surface area is 113 Å². The van der Waals surface area contributed by atoms with Gasteiger partial charge in [-0.1, -0.05) is 12.1 Å². The molecule has 1 aromatic heterocycles. The van der Waals surface area contributed by atoms with Crippen LogP contribution in [0.15, 0.2) is 36.7 Å². The minimum atomic E-state index is -2.63. The van der Waals surface area contributed by atoms with Crippen molar-refractivity contribution < 1.29 is 13.7 Å². The zero-order valence-electron chi connectivity index (χ0n) is 10.4. The van der Waals surface area contributed by atoms with E-state index in [1.807, 2.05) is 0 Å². The molecule has 20 heavy (non-hydrogen) atoms. The first kappa shape index (κ1) is 14.1. The molecule has 1 heterocycles. The third-order valence-electron chi connectivity index (χ3n) is 2.69. The van der Waals surface area contributed by atoms with E-state index in [0.29, 0.717) is 12.1 Å². The molecule has 0 atom stereocenters. The van der Waals surface area contributed by atoms with Gasteiger partial charge in [0.25, 0.3) is 5.69 Å². The number of non-ortho nitro benzene ring substituents is 1. The van der Waals surface area contributed by atoms with Gasteiger partial charge in [0.1, 0.15) is 5.82 Å². The Balaban J connectivity index is 1.94. The van der Waals surface area contributed by atoms with E-state index in [4.69, 9.17) is 0 Å². The van der Waals surface area contributed by atoms with Crippen LogP contribution in [0.3, 0.4) is 0 Å². The van der Waals surface area contributed by atoms with Crippen molar-refractivity contribution in [3.63, 3.8) is 0 Å². The summed E-state index contributed by atoms with van der Waals surface area (Å²) in [5.74, 6) is 0.213. The third kappa shape index (κ3) is 3.35. The van der Waals surface area contributed by atoms with E-state index in [2.05, 4.69) is 10.3 Å². The molecule has 0 saturated carbocycles. The van der Waals surface area contributed by atoms with Crippen molar-refractivity contribution in [1.29, 1.82) is 0 Å². The van der Waals surface area contributed by atoms with Gasteiger partial charge in [0.05, 0.1) is 11.5 Å². The van der Waals surface area contributed by atoms with Gasteiger partial charge in [0, 0.05) is 31.1 Å². The summed E-state index contributed by atoms with van der Waals surface area (Å²) in [7, 11) is 0. The lowest BCUT2D eigenvalue weighted by Crippen LogP contribution is -2.17. The fraction of sp³-hybridized carbons (Fsp3) is 0.250. The van der Waals surface area contributed by atoms with Crippen LogP contribution in [-0.2, 0) is 13.1 Å². The van der Waals surface area contributed by atoms with Crippen molar-refractivity contribution in [3.05, 3.63) is 58.2 Å². The Hall–Kier alpha value is -2.35. The van der Waals surface area contributed by atoms with Crippen LogP contribution in [0.4, 0.5) is 14.5 Å². The summed E-state index contributed by atoms with van der Waals surface area (Å²) in [6, 6.07) is 6.13. The fourth-order valence-electron chi connectivity index (χ4n) is 1.76. The van der Waals surface area contributed by atoms with Gasteiger partial charge in [-0.3, -0.25) is 14.7 Å². The van der Waals surface area contributed by atoms with E-state index >= 15 is 0 Å². The largest absolute Gasteiger partial charge is 0.319 e. The summed E-state index contributed by atoms with van der Waals surface area (Å²) in [5.41, 5.74) is 0.702. The monoisotopic (exact) mass is 282 g/mol. The molecule has 2 aromatic rings. The summed E-state index contributed by atoms with van der Waals surface area (Å²) in [6.45, 7) is -2.15. The van der Waals surface area contributed by atoms with Gasteiger partial charge in [0.2, 0.25) is 0 Å². The first-order valence-corrected chi connectivity index (χ1v) is 5.82. The van der Waals surface area contributed by atoms with E-state index in [9.17, 15) is 18.9 Å². The lowest BCUT2D eigenvalue weighted by Gasteiger charge is -2.07. The molecule has 0 fully saturated rings. The minimum Gasteiger partial charge on any atom is -0.306 e. The second-order valence-corrected chi connectivity index (χ2v) is 4.06. The molecule has 0 aliphatic rings. The number of nitro groups is 1. The highest BCUT2D eigenvalue weighted by Crippen LogP contribution is 2.14. The van der Waals surface area contributed by atoms with Gasteiger partial charge in [-0.25, -0.2) is 4.98 Å². The van der Waals surface area contributed by atoms with Crippen molar-refractivity contribution in [2.24, 2.45) is 0 Å². The second kappa shape index (κ2) is 6.20. The number of nitro benzene ring substituents is 1. The molecule has 1 aromatic carbocycles. The maximum Gasteiger partial charge on any atom is 0.319 e. The molecule has 6 nitrogen and oxygen atoms in total. The molecule has 0 bridgehead atoms. The van der Waals surface area contributed by atoms with Crippen LogP contribution < -0.4 is 5.32 Å². The van der Waals surface area contributed by atoms with Gasteiger partial charge >= 0.3 is 6.55 Å². The molecule has 0 unspecified atom stereocenters. The molecule has 8 heteroatoms.